The van der Waals surface area contributed by atoms with E-state index in [2.05, 4.69) is 14.9 Å². The Labute approximate surface area is 159 Å². The third kappa shape index (κ3) is 4.34. The van der Waals surface area contributed by atoms with Crippen LogP contribution in [0.3, 0.4) is 0 Å². The number of nitrogens with zero attached hydrogens (tertiary/aromatic N) is 4. The SMILES string of the molecule is O=C(c1cccc(-c2cnccn2)c1)N1CCN(CC2CC2)[C@H](CCO)C1. The van der Waals surface area contributed by atoms with Crippen LogP contribution in [0.25, 0.3) is 11.3 Å². The van der Waals surface area contributed by atoms with Crippen molar-refractivity contribution in [3.8, 4) is 11.3 Å². The summed E-state index contributed by atoms with van der Waals surface area (Å²) in [5, 5.41) is 9.45. The molecule has 1 atom stereocenters. The van der Waals surface area contributed by atoms with Gasteiger partial charge < -0.3 is 10.0 Å². The van der Waals surface area contributed by atoms with E-state index in [1.807, 2.05) is 29.2 Å². The van der Waals surface area contributed by atoms with Crippen LogP contribution in [0.2, 0.25) is 0 Å². The minimum Gasteiger partial charge on any atom is -0.396 e. The summed E-state index contributed by atoms with van der Waals surface area (Å²) in [5.41, 5.74) is 2.34. The third-order valence-electron chi connectivity index (χ3n) is 5.51. The second kappa shape index (κ2) is 8.15. The van der Waals surface area contributed by atoms with Crippen molar-refractivity contribution in [2.75, 3.05) is 32.8 Å². The lowest BCUT2D eigenvalue weighted by Crippen LogP contribution is -2.55. The van der Waals surface area contributed by atoms with Crippen LogP contribution in [0.4, 0.5) is 0 Å². The highest BCUT2D eigenvalue weighted by atomic mass is 16.3. The van der Waals surface area contributed by atoms with Gasteiger partial charge in [0.2, 0.25) is 0 Å². The van der Waals surface area contributed by atoms with Gasteiger partial charge in [-0.25, -0.2) is 0 Å². The molecule has 1 amide bonds. The van der Waals surface area contributed by atoms with Crippen molar-refractivity contribution in [3.63, 3.8) is 0 Å². The minimum absolute atomic E-state index is 0.0507. The van der Waals surface area contributed by atoms with Crippen molar-refractivity contribution in [2.45, 2.75) is 25.3 Å². The Morgan fingerprint density at radius 3 is 2.85 bits per heavy atom. The van der Waals surface area contributed by atoms with Crippen molar-refractivity contribution < 1.29 is 9.90 Å². The average molecular weight is 366 g/mol. The lowest BCUT2D eigenvalue weighted by molar-refractivity contribution is 0.0407. The number of benzene rings is 1. The molecule has 1 aliphatic heterocycles. The maximum absolute atomic E-state index is 13.1. The molecule has 1 aromatic carbocycles. The highest BCUT2D eigenvalue weighted by Gasteiger charge is 2.33. The Balaban J connectivity index is 1.47. The standard InChI is InChI=1S/C21H26N4O2/c26-11-6-19-15-25(10-9-24(19)14-16-4-5-16)21(27)18-3-1-2-17(12-18)20-13-22-7-8-23-20/h1-3,7-8,12-13,16,19,26H,4-6,9-11,14-15H2/t19-/m1/s1. The number of piperazine rings is 1. The van der Waals surface area contributed by atoms with E-state index in [-0.39, 0.29) is 18.6 Å². The van der Waals surface area contributed by atoms with Gasteiger partial charge in [-0.1, -0.05) is 12.1 Å². The highest BCUT2D eigenvalue weighted by molar-refractivity contribution is 5.95. The molecular formula is C21H26N4O2. The molecule has 1 aromatic heterocycles. The lowest BCUT2D eigenvalue weighted by atomic mass is 10.0. The molecule has 27 heavy (non-hydrogen) atoms. The smallest absolute Gasteiger partial charge is 0.253 e. The normalized spacial score (nSPS) is 20.6. The molecule has 2 fully saturated rings. The fourth-order valence-corrected chi connectivity index (χ4v) is 3.81. The Hall–Kier alpha value is -2.31. The summed E-state index contributed by atoms with van der Waals surface area (Å²) in [7, 11) is 0. The zero-order valence-electron chi connectivity index (χ0n) is 15.5. The number of hydrogen-bond acceptors (Lipinski definition) is 5. The first-order valence-corrected chi connectivity index (χ1v) is 9.75. The first-order valence-electron chi connectivity index (χ1n) is 9.75. The summed E-state index contributed by atoms with van der Waals surface area (Å²) in [6.07, 6.45) is 8.36. The summed E-state index contributed by atoms with van der Waals surface area (Å²) < 4.78 is 0. The number of carbonyl (C=O) groups is 1. The summed E-state index contributed by atoms with van der Waals surface area (Å²) in [6.45, 7) is 3.58. The molecule has 2 aliphatic rings. The molecule has 6 heteroatoms. The monoisotopic (exact) mass is 366 g/mol. The van der Waals surface area contributed by atoms with Gasteiger partial charge in [0.1, 0.15) is 0 Å². The van der Waals surface area contributed by atoms with Gasteiger partial charge in [-0.05, 0) is 37.3 Å². The van der Waals surface area contributed by atoms with Crippen molar-refractivity contribution in [3.05, 3.63) is 48.4 Å². The van der Waals surface area contributed by atoms with Gasteiger partial charge in [-0.15, -0.1) is 0 Å². The van der Waals surface area contributed by atoms with Crippen molar-refractivity contribution in [2.24, 2.45) is 5.92 Å². The number of hydrogen-bond donors (Lipinski definition) is 1. The van der Waals surface area contributed by atoms with E-state index in [0.717, 1.165) is 43.2 Å². The maximum Gasteiger partial charge on any atom is 0.253 e. The lowest BCUT2D eigenvalue weighted by Gasteiger charge is -2.41. The van der Waals surface area contributed by atoms with Gasteiger partial charge in [-0.2, -0.15) is 0 Å². The summed E-state index contributed by atoms with van der Waals surface area (Å²) >= 11 is 0. The molecule has 2 aromatic rings. The highest BCUT2D eigenvalue weighted by Crippen LogP contribution is 2.31. The first-order chi connectivity index (χ1) is 13.2. The Morgan fingerprint density at radius 1 is 1.22 bits per heavy atom. The molecule has 2 heterocycles. The minimum atomic E-state index is 0.0507. The molecule has 1 aliphatic carbocycles. The van der Waals surface area contributed by atoms with E-state index in [4.69, 9.17) is 0 Å². The largest absolute Gasteiger partial charge is 0.396 e. The molecule has 1 N–H and O–H groups in total. The van der Waals surface area contributed by atoms with E-state index in [1.54, 1.807) is 18.6 Å². The first kappa shape index (κ1) is 18.1. The van der Waals surface area contributed by atoms with Gasteiger partial charge in [0.25, 0.3) is 5.91 Å². The number of carbonyl (C=O) groups excluding carboxylic acids is 1. The molecule has 6 nitrogen and oxygen atoms in total. The third-order valence-corrected chi connectivity index (χ3v) is 5.51. The van der Waals surface area contributed by atoms with Crippen LogP contribution in [-0.2, 0) is 0 Å². The molecule has 0 radical (unpaired) electrons. The van der Waals surface area contributed by atoms with E-state index < -0.39 is 0 Å². The molecular weight excluding hydrogens is 340 g/mol. The Morgan fingerprint density at radius 2 is 2.11 bits per heavy atom. The van der Waals surface area contributed by atoms with Gasteiger partial charge >= 0.3 is 0 Å². The van der Waals surface area contributed by atoms with E-state index in [0.29, 0.717) is 12.1 Å². The Kier molecular flexibility index (Phi) is 5.45. The fourth-order valence-electron chi connectivity index (χ4n) is 3.81. The number of aromatic nitrogens is 2. The van der Waals surface area contributed by atoms with Gasteiger partial charge in [0.05, 0.1) is 11.9 Å². The second-order valence-corrected chi connectivity index (χ2v) is 7.53. The number of amides is 1. The topological polar surface area (TPSA) is 69.6 Å². The maximum atomic E-state index is 13.1. The second-order valence-electron chi connectivity index (χ2n) is 7.53. The van der Waals surface area contributed by atoms with Gasteiger partial charge in [0, 0.05) is 62.3 Å². The van der Waals surface area contributed by atoms with Crippen molar-refractivity contribution in [1.82, 2.24) is 19.8 Å². The predicted octanol–water partition coefficient (Wildman–Crippen LogP) is 2.06. The zero-order chi connectivity index (χ0) is 18.6. The average Bonchev–Trinajstić information content (AvgIpc) is 3.54. The van der Waals surface area contributed by atoms with Crippen LogP contribution in [0, 0.1) is 5.92 Å². The van der Waals surface area contributed by atoms with E-state index in [1.165, 1.54) is 12.8 Å². The zero-order valence-corrected chi connectivity index (χ0v) is 15.5. The van der Waals surface area contributed by atoms with Crippen LogP contribution in [0.15, 0.2) is 42.9 Å². The van der Waals surface area contributed by atoms with E-state index in [9.17, 15) is 9.90 Å². The van der Waals surface area contributed by atoms with Crippen LogP contribution in [-0.4, -0.2) is 69.6 Å². The molecule has 0 spiro atoms. The van der Waals surface area contributed by atoms with Gasteiger partial charge in [-0.3, -0.25) is 19.7 Å². The van der Waals surface area contributed by atoms with Crippen molar-refractivity contribution >= 4 is 5.91 Å². The number of rotatable bonds is 6. The summed E-state index contributed by atoms with van der Waals surface area (Å²) in [5.74, 6) is 0.867. The van der Waals surface area contributed by atoms with Gasteiger partial charge in [0.15, 0.2) is 0 Å². The van der Waals surface area contributed by atoms with Crippen LogP contribution in [0.1, 0.15) is 29.6 Å². The quantitative estimate of drug-likeness (QED) is 0.847. The van der Waals surface area contributed by atoms with E-state index >= 15 is 0 Å². The Bertz CT molecular complexity index is 779. The molecule has 1 saturated carbocycles. The van der Waals surface area contributed by atoms with Crippen LogP contribution >= 0.6 is 0 Å². The summed E-state index contributed by atoms with van der Waals surface area (Å²) in [6, 6.07) is 7.84. The molecule has 0 bridgehead atoms. The molecule has 0 unspecified atom stereocenters. The summed E-state index contributed by atoms with van der Waals surface area (Å²) in [4.78, 5) is 25.9. The number of aliphatic hydroxyl groups is 1. The molecule has 142 valence electrons. The molecule has 1 saturated heterocycles. The van der Waals surface area contributed by atoms with Crippen molar-refractivity contribution in [1.29, 1.82) is 0 Å². The number of aliphatic hydroxyl groups excluding tert-OH is 1. The van der Waals surface area contributed by atoms with Crippen LogP contribution < -0.4 is 0 Å². The predicted molar refractivity (Wildman–Crippen MR) is 103 cm³/mol. The van der Waals surface area contributed by atoms with Crippen LogP contribution in [0.5, 0.6) is 0 Å². The molecule has 4 rings (SSSR count). The fraction of sp³-hybridized carbons (Fsp3) is 0.476.